The minimum Gasteiger partial charge on any atom is -0.326 e. The van der Waals surface area contributed by atoms with E-state index >= 15 is 0 Å². The normalized spacial score (nSPS) is 11.6. The molecule has 4 aromatic rings. The Hall–Kier alpha value is -2.98. The molecule has 1 aromatic heterocycles. The minimum absolute atomic E-state index is 0.0307. The van der Waals surface area contributed by atoms with Crippen LogP contribution in [-0.2, 0) is 16.6 Å². The number of hydrogen-bond donors (Lipinski definition) is 1. The van der Waals surface area contributed by atoms with Crippen LogP contribution in [0.15, 0.2) is 66.7 Å². The Morgan fingerprint density at radius 2 is 1.68 bits per heavy atom. The Balaban J connectivity index is 1.35. The lowest BCUT2D eigenvalue weighted by atomic mass is 9.86. The van der Waals surface area contributed by atoms with Gasteiger partial charge in [0.25, 0.3) is 0 Å². The zero-order valence-corrected chi connectivity index (χ0v) is 19.3. The van der Waals surface area contributed by atoms with Crippen molar-refractivity contribution in [3.63, 3.8) is 0 Å². The van der Waals surface area contributed by atoms with Crippen molar-refractivity contribution in [1.82, 2.24) is 4.98 Å². The summed E-state index contributed by atoms with van der Waals surface area (Å²) < 4.78 is 1.20. The standard InChI is InChI=1S/C27H28N2OS/c1-18-5-15-23-24(17-18)31-26(29-23)20-9-13-22(14-10-20)28-25(30)16-8-19-6-11-21(12-7-19)27(2,3)4/h5-7,9-15,17H,8,16H2,1-4H3,(H,28,30). The van der Waals surface area contributed by atoms with Crippen molar-refractivity contribution in [2.45, 2.75) is 46.0 Å². The maximum Gasteiger partial charge on any atom is 0.224 e. The third-order valence-corrected chi connectivity index (χ3v) is 6.49. The molecule has 0 saturated carbocycles. The summed E-state index contributed by atoms with van der Waals surface area (Å²) in [5, 5.41) is 4.00. The third kappa shape index (κ3) is 5.20. The number of anilines is 1. The van der Waals surface area contributed by atoms with E-state index in [1.165, 1.54) is 21.4 Å². The number of nitrogens with one attached hydrogen (secondary N) is 1. The third-order valence-electron chi connectivity index (χ3n) is 5.42. The number of carbonyl (C=O) groups excluding carboxylic acids is 1. The Morgan fingerprint density at radius 3 is 2.35 bits per heavy atom. The highest BCUT2D eigenvalue weighted by molar-refractivity contribution is 7.21. The molecule has 0 fully saturated rings. The molecule has 1 amide bonds. The predicted octanol–water partition coefficient (Wildman–Crippen LogP) is 7.14. The van der Waals surface area contributed by atoms with Crippen LogP contribution >= 0.6 is 11.3 Å². The summed E-state index contributed by atoms with van der Waals surface area (Å²) in [4.78, 5) is 17.1. The molecule has 0 bridgehead atoms. The van der Waals surface area contributed by atoms with Gasteiger partial charge in [-0.1, -0.05) is 51.1 Å². The Bertz CT molecular complexity index is 1200. The average molecular weight is 429 g/mol. The second-order valence-corrected chi connectivity index (χ2v) is 10.1. The number of nitrogens with zero attached hydrogens (tertiary/aromatic N) is 1. The molecule has 4 rings (SSSR count). The van der Waals surface area contributed by atoms with Crippen LogP contribution < -0.4 is 5.32 Å². The van der Waals surface area contributed by atoms with Crippen molar-refractivity contribution >= 4 is 33.1 Å². The number of benzene rings is 3. The minimum atomic E-state index is 0.0307. The monoisotopic (exact) mass is 428 g/mol. The molecular formula is C27H28N2OS. The van der Waals surface area contributed by atoms with Crippen molar-refractivity contribution in [3.8, 4) is 10.6 Å². The number of fused-ring (bicyclic) bond motifs is 1. The summed E-state index contributed by atoms with van der Waals surface area (Å²) in [6.45, 7) is 8.71. The highest BCUT2D eigenvalue weighted by atomic mass is 32.1. The molecule has 1 N–H and O–H groups in total. The highest BCUT2D eigenvalue weighted by Gasteiger charge is 2.13. The van der Waals surface area contributed by atoms with Crippen LogP contribution in [0.5, 0.6) is 0 Å². The Kier molecular flexibility index (Phi) is 5.92. The fourth-order valence-electron chi connectivity index (χ4n) is 3.50. The number of thiazole rings is 1. The van der Waals surface area contributed by atoms with Crippen LogP contribution in [0.2, 0.25) is 0 Å². The number of aromatic nitrogens is 1. The summed E-state index contributed by atoms with van der Waals surface area (Å²) in [6, 6.07) is 22.8. The second-order valence-electron chi connectivity index (χ2n) is 9.06. The lowest BCUT2D eigenvalue weighted by Crippen LogP contribution is -2.13. The van der Waals surface area contributed by atoms with E-state index in [2.05, 4.69) is 75.5 Å². The van der Waals surface area contributed by atoms with Gasteiger partial charge in [0, 0.05) is 17.7 Å². The molecule has 158 valence electrons. The molecule has 0 atom stereocenters. The van der Waals surface area contributed by atoms with E-state index in [9.17, 15) is 4.79 Å². The van der Waals surface area contributed by atoms with E-state index in [-0.39, 0.29) is 11.3 Å². The van der Waals surface area contributed by atoms with Gasteiger partial charge in [-0.05, 0) is 71.8 Å². The van der Waals surface area contributed by atoms with Gasteiger partial charge in [0.2, 0.25) is 5.91 Å². The molecule has 0 radical (unpaired) electrons. The number of rotatable bonds is 5. The fourth-order valence-corrected chi connectivity index (χ4v) is 4.57. The first-order valence-corrected chi connectivity index (χ1v) is 11.5. The first-order chi connectivity index (χ1) is 14.8. The van der Waals surface area contributed by atoms with Gasteiger partial charge in [0.15, 0.2) is 0 Å². The van der Waals surface area contributed by atoms with E-state index in [4.69, 9.17) is 4.98 Å². The number of hydrogen-bond acceptors (Lipinski definition) is 3. The van der Waals surface area contributed by atoms with Crippen LogP contribution in [-0.4, -0.2) is 10.9 Å². The molecule has 1 heterocycles. The van der Waals surface area contributed by atoms with Crippen molar-refractivity contribution in [1.29, 1.82) is 0 Å². The van der Waals surface area contributed by atoms with E-state index in [1.807, 2.05) is 24.3 Å². The topological polar surface area (TPSA) is 42.0 Å². The molecule has 0 aliphatic heterocycles. The van der Waals surface area contributed by atoms with Gasteiger partial charge in [-0.25, -0.2) is 4.98 Å². The summed E-state index contributed by atoms with van der Waals surface area (Å²) in [7, 11) is 0. The van der Waals surface area contributed by atoms with Crippen molar-refractivity contribution in [3.05, 3.63) is 83.4 Å². The van der Waals surface area contributed by atoms with Crippen LogP contribution in [0.25, 0.3) is 20.8 Å². The van der Waals surface area contributed by atoms with Gasteiger partial charge in [0.1, 0.15) is 5.01 Å². The summed E-state index contributed by atoms with van der Waals surface area (Å²) in [5.74, 6) is 0.0307. The van der Waals surface area contributed by atoms with E-state index in [1.54, 1.807) is 11.3 Å². The zero-order valence-electron chi connectivity index (χ0n) is 18.5. The molecule has 0 unspecified atom stereocenters. The average Bonchev–Trinajstić information content (AvgIpc) is 3.15. The van der Waals surface area contributed by atoms with Crippen molar-refractivity contribution in [2.24, 2.45) is 0 Å². The van der Waals surface area contributed by atoms with Crippen LogP contribution in [0.4, 0.5) is 5.69 Å². The molecule has 3 nitrogen and oxygen atoms in total. The van der Waals surface area contributed by atoms with E-state index in [0.29, 0.717) is 6.42 Å². The molecule has 3 aromatic carbocycles. The van der Waals surface area contributed by atoms with E-state index < -0.39 is 0 Å². The largest absolute Gasteiger partial charge is 0.326 e. The van der Waals surface area contributed by atoms with Crippen molar-refractivity contribution < 1.29 is 4.79 Å². The first-order valence-electron chi connectivity index (χ1n) is 10.6. The van der Waals surface area contributed by atoms with Gasteiger partial charge in [-0.2, -0.15) is 0 Å². The van der Waals surface area contributed by atoms with Gasteiger partial charge in [0.05, 0.1) is 10.2 Å². The number of aryl methyl sites for hydroxylation is 2. The SMILES string of the molecule is Cc1ccc2nc(-c3ccc(NC(=O)CCc4ccc(C(C)(C)C)cc4)cc3)sc2c1. The maximum absolute atomic E-state index is 12.4. The van der Waals surface area contributed by atoms with Gasteiger partial charge in [-0.15, -0.1) is 11.3 Å². The predicted molar refractivity (Wildman–Crippen MR) is 132 cm³/mol. The zero-order chi connectivity index (χ0) is 22.0. The van der Waals surface area contributed by atoms with Crippen molar-refractivity contribution in [2.75, 3.05) is 5.32 Å². The first kappa shape index (κ1) is 21.3. The Morgan fingerprint density at radius 1 is 0.968 bits per heavy atom. The van der Waals surface area contributed by atoms with Crippen LogP contribution in [0.3, 0.4) is 0 Å². The highest BCUT2D eigenvalue weighted by Crippen LogP contribution is 2.31. The molecule has 0 saturated heterocycles. The lowest BCUT2D eigenvalue weighted by molar-refractivity contribution is -0.116. The molecule has 31 heavy (non-hydrogen) atoms. The number of carbonyl (C=O) groups is 1. The van der Waals surface area contributed by atoms with Gasteiger partial charge < -0.3 is 5.32 Å². The van der Waals surface area contributed by atoms with Crippen LogP contribution in [0, 0.1) is 6.92 Å². The van der Waals surface area contributed by atoms with Crippen LogP contribution in [0.1, 0.15) is 43.9 Å². The number of amides is 1. The maximum atomic E-state index is 12.4. The smallest absolute Gasteiger partial charge is 0.224 e. The molecule has 0 aliphatic carbocycles. The van der Waals surface area contributed by atoms with Gasteiger partial charge in [-0.3, -0.25) is 4.79 Å². The van der Waals surface area contributed by atoms with E-state index in [0.717, 1.165) is 28.2 Å². The quantitative estimate of drug-likeness (QED) is 0.367. The molecular weight excluding hydrogens is 400 g/mol. The second kappa shape index (κ2) is 8.64. The molecule has 0 aliphatic rings. The molecule has 4 heteroatoms. The fraction of sp³-hybridized carbons (Fsp3) is 0.259. The Labute approximate surface area is 188 Å². The summed E-state index contributed by atoms with van der Waals surface area (Å²) >= 11 is 1.69. The summed E-state index contributed by atoms with van der Waals surface area (Å²) in [5.41, 5.74) is 6.79. The van der Waals surface area contributed by atoms with Gasteiger partial charge >= 0.3 is 0 Å². The summed E-state index contributed by atoms with van der Waals surface area (Å²) in [6.07, 6.45) is 1.20. The molecule has 0 spiro atoms. The lowest BCUT2D eigenvalue weighted by Gasteiger charge is -2.19.